The molecule has 0 fully saturated rings. The summed E-state index contributed by atoms with van der Waals surface area (Å²) in [5.41, 5.74) is 13.2. The van der Waals surface area contributed by atoms with Gasteiger partial charge >= 0.3 is 0 Å². The zero-order chi connectivity index (χ0) is 44.1. The first kappa shape index (κ1) is 38.3. The third kappa shape index (κ3) is 6.39. The van der Waals surface area contributed by atoms with Crippen LogP contribution in [0.2, 0.25) is 0 Å². The molecule has 9 aromatic carbocycles. The topological polar surface area (TPSA) is 76.7 Å². The summed E-state index contributed by atoms with van der Waals surface area (Å²) in [7, 11) is 0. The Morgan fingerprint density at radius 3 is 1.47 bits per heavy atom. The molecule has 66 heavy (non-hydrogen) atoms. The minimum Gasteiger partial charge on any atom is -0.309 e. The summed E-state index contributed by atoms with van der Waals surface area (Å²) in [4.78, 5) is 19.3. The average Bonchev–Trinajstić information content (AvgIpc) is 3.89. The Morgan fingerprint density at radius 1 is 0.394 bits per heavy atom. The van der Waals surface area contributed by atoms with Gasteiger partial charge in [0.25, 0.3) is 0 Å². The van der Waals surface area contributed by atoms with Crippen molar-refractivity contribution in [1.29, 1.82) is 5.26 Å². The molecule has 0 radical (unpaired) electrons. The summed E-state index contributed by atoms with van der Waals surface area (Å²) in [5, 5.41) is 14.9. The summed E-state index contributed by atoms with van der Waals surface area (Å²) < 4.78 is 4.72. The van der Waals surface area contributed by atoms with E-state index in [9.17, 15) is 5.26 Å². The zero-order valence-electron chi connectivity index (χ0n) is 35.3. The van der Waals surface area contributed by atoms with Gasteiger partial charge in [-0.15, -0.1) is 0 Å². The smallest absolute Gasteiger partial charge is 0.187 e. The van der Waals surface area contributed by atoms with Gasteiger partial charge in [0.15, 0.2) is 23.2 Å². The minimum absolute atomic E-state index is 0.492. The second-order valence-corrected chi connectivity index (χ2v) is 16.2. The van der Waals surface area contributed by atoms with Crippen LogP contribution in [0, 0.1) is 17.9 Å². The third-order valence-electron chi connectivity index (χ3n) is 12.4. The van der Waals surface area contributed by atoms with Gasteiger partial charge in [-0.2, -0.15) is 5.26 Å². The lowest BCUT2D eigenvalue weighted by Gasteiger charge is -2.21. The van der Waals surface area contributed by atoms with Crippen LogP contribution in [0.25, 0.3) is 116 Å². The molecule has 12 aromatic rings. The molecule has 12 rings (SSSR count). The second-order valence-electron chi connectivity index (χ2n) is 16.2. The van der Waals surface area contributed by atoms with Crippen LogP contribution < -0.4 is 0 Å². The van der Waals surface area contributed by atoms with Crippen molar-refractivity contribution in [2.24, 2.45) is 0 Å². The van der Waals surface area contributed by atoms with E-state index in [-0.39, 0.29) is 0 Å². The van der Waals surface area contributed by atoms with Gasteiger partial charge in [-0.3, -0.25) is 0 Å². The summed E-state index contributed by atoms with van der Waals surface area (Å²) >= 11 is 0. The normalized spacial score (nSPS) is 11.3. The van der Waals surface area contributed by atoms with Crippen molar-refractivity contribution in [3.63, 3.8) is 0 Å². The Morgan fingerprint density at radius 2 is 0.879 bits per heavy atom. The predicted octanol–water partition coefficient (Wildman–Crippen LogP) is 14.8. The van der Waals surface area contributed by atoms with Gasteiger partial charge in [0, 0.05) is 55.0 Å². The van der Waals surface area contributed by atoms with Crippen molar-refractivity contribution in [2.75, 3.05) is 0 Å². The fourth-order valence-corrected chi connectivity index (χ4v) is 9.41. The highest BCUT2D eigenvalue weighted by atomic mass is 15.0. The van der Waals surface area contributed by atoms with Crippen molar-refractivity contribution >= 4 is 49.3 Å². The van der Waals surface area contributed by atoms with Crippen LogP contribution in [0.1, 0.15) is 5.56 Å². The van der Waals surface area contributed by atoms with Crippen LogP contribution in [0.5, 0.6) is 0 Å². The van der Waals surface area contributed by atoms with Gasteiger partial charge in [0.1, 0.15) is 0 Å². The number of nitrogens with zero attached hydrogens (tertiary/aromatic N) is 7. The van der Waals surface area contributed by atoms with E-state index in [0.717, 1.165) is 88.5 Å². The summed E-state index contributed by atoms with van der Waals surface area (Å²) in [6, 6.07) is 74.5. The molecule has 0 saturated heterocycles. The largest absolute Gasteiger partial charge is 0.309 e. The number of benzene rings is 9. The van der Waals surface area contributed by atoms with E-state index in [1.807, 2.05) is 103 Å². The first-order valence-electron chi connectivity index (χ1n) is 21.7. The fourth-order valence-electron chi connectivity index (χ4n) is 9.41. The molecular weight excluding hydrogens is 807 g/mol. The average molecular weight is 842 g/mol. The molecule has 0 saturated carbocycles. The van der Waals surface area contributed by atoms with E-state index >= 15 is 0 Å². The van der Waals surface area contributed by atoms with E-state index in [4.69, 9.17) is 21.5 Å². The lowest BCUT2D eigenvalue weighted by molar-refractivity contribution is 1.07. The maximum atomic E-state index is 10.3. The van der Waals surface area contributed by atoms with E-state index in [1.165, 1.54) is 5.39 Å². The highest BCUT2D eigenvalue weighted by molar-refractivity contribution is 6.19. The molecule has 306 valence electrons. The van der Waals surface area contributed by atoms with Crippen molar-refractivity contribution in [3.8, 4) is 73.9 Å². The van der Waals surface area contributed by atoms with Crippen LogP contribution in [0.3, 0.4) is 0 Å². The number of fused-ring (bicyclic) bond motifs is 6. The lowest BCUT2D eigenvalue weighted by Crippen LogP contribution is -2.04. The molecule has 0 bridgehead atoms. The monoisotopic (exact) mass is 841 g/mol. The predicted molar refractivity (Wildman–Crippen MR) is 267 cm³/mol. The molecule has 0 aliphatic carbocycles. The maximum Gasteiger partial charge on any atom is 0.187 e. The molecule has 0 atom stereocenters. The number of hydrogen-bond acceptors (Lipinski definition) is 4. The van der Waals surface area contributed by atoms with Crippen LogP contribution in [0.4, 0.5) is 5.69 Å². The molecule has 7 heteroatoms. The van der Waals surface area contributed by atoms with Crippen molar-refractivity contribution in [2.45, 2.75) is 0 Å². The van der Waals surface area contributed by atoms with Crippen molar-refractivity contribution in [3.05, 3.63) is 229 Å². The molecule has 3 aromatic heterocycles. The van der Waals surface area contributed by atoms with Gasteiger partial charge in [0.05, 0.1) is 46.0 Å². The SMILES string of the molecule is [C-]#[N+]c1cccc(-c2cc(-c3nc(-c4ccccc4)nc(-c4ccccc4)n3)cc(-c3cccc(C#N)c3)c2-n2c3ccccc3c3cc4c5ccccc5n(-c5ccccc5)c4cc32)c1. The Hall–Kier alpha value is -9.43. The fraction of sp³-hybridized carbons (Fsp3) is 0. The number of hydrogen-bond donors (Lipinski definition) is 0. The number of para-hydroxylation sites is 3. The molecule has 7 nitrogen and oxygen atoms in total. The van der Waals surface area contributed by atoms with E-state index in [0.29, 0.717) is 28.7 Å². The van der Waals surface area contributed by atoms with E-state index in [1.54, 1.807) is 0 Å². The molecular formula is C59H35N7. The Kier molecular flexibility index (Phi) is 9.12. The first-order valence-corrected chi connectivity index (χ1v) is 21.7. The van der Waals surface area contributed by atoms with Crippen molar-refractivity contribution in [1.82, 2.24) is 24.1 Å². The molecule has 0 spiro atoms. The van der Waals surface area contributed by atoms with Gasteiger partial charge < -0.3 is 9.13 Å². The summed E-state index contributed by atoms with van der Waals surface area (Å²) in [6.07, 6.45) is 0. The van der Waals surface area contributed by atoms with Crippen LogP contribution in [-0.2, 0) is 0 Å². The third-order valence-corrected chi connectivity index (χ3v) is 12.4. The van der Waals surface area contributed by atoms with Crippen molar-refractivity contribution < 1.29 is 0 Å². The molecule has 0 aliphatic rings. The Labute approximate surface area is 380 Å². The van der Waals surface area contributed by atoms with Gasteiger partial charge in [0.2, 0.25) is 0 Å². The lowest BCUT2D eigenvalue weighted by atomic mass is 9.91. The van der Waals surface area contributed by atoms with Gasteiger partial charge in [-0.1, -0.05) is 146 Å². The van der Waals surface area contributed by atoms with Crippen LogP contribution in [-0.4, -0.2) is 24.1 Å². The standard InChI is InChI=1S/C59H35N7/c1-61-44-24-16-23-42(32-44)49-34-43(59-63-57(39-18-5-2-6-19-39)62-58(64-59)40-20-7-3-8-21-40)33-48(41-22-15-17-38(31-41)37-60)56(49)66-53-30-14-12-28-47(53)51-35-50-46-27-11-13-29-52(46)65(54(50)36-55(51)66)45-25-9-4-10-26-45/h2-36H. The highest BCUT2D eigenvalue weighted by Gasteiger charge is 2.25. The quantitative estimate of drug-likeness (QED) is 0.150. The summed E-state index contributed by atoms with van der Waals surface area (Å²) in [6.45, 7) is 8.09. The number of nitriles is 1. The van der Waals surface area contributed by atoms with Crippen LogP contribution >= 0.6 is 0 Å². The highest BCUT2D eigenvalue weighted by Crippen LogP contribution is 2.46. The first-order chi connectivity index (χ1) is 32.6. The molecule has 3 heterocycles. The maximum absolute atomic E-state index is 10.3. The molecule has 0 unspecified atom stereocenters. The van der Waals surface area contributed by atoms with Gasteiger partial charge in [-0.05, 0) is 77.9 Å². The molecule has 0 amide bonds. The van der Waals surface area contributed by atoms with E-state index < -0.39 is 0 Å². The minimum atomic E-state index is 0.492. The Bertz CT molecular complexity index is 3810. The zero-order valence-corrected chi connectivity index (χ0v) is 35.3. The van der Waals surface area contributed by atoms with E-state index in [2.05, 4.69) is 129 Å². The Balaban J connectivity index is 1.24. The molecule has 0 N–H and O–H groups in total. The van der Waals surface area contributed by atoms with Gasteiger partial charge in [-0.25, -0.2) is 19.8 Å². The summed E-state index contributed by atoms with van der Waals surface area (Å²) in [5.74, 6) is 1.59. The van der Waals surface area contributed by atoms with Crippen LogP contribution in [0.15, 0.2) is 212 Å². The number of rotatable bonds is 7. The second kappa shape index (κ2) is 15.7. The number of aromatic nitrogens is 5. The molecule has 0 aliphatic heterocycles.